The van der Waals surface area contributed by atoms with E-state index in [9.17, 15) is 0 Å². The van der Waals surface area contributed by atoms with E-state index >= 15 is 0 Å². The number of nitrogens with one attached hydrogen (secondary N) is 1. The Morgan fingerprint density at radius 2 is 1.10 bits per heavy atom. The third kappa shape index (κ3) is 30.7. The first-order valence-electron chi connectivity index (χ1n) is 32.4. The lowest BCUT2D eigenvalue weighted by molar-refractivity contribution is 0.327. The van der Waals surface area contributed by atoms with Gasteiger partial charge in [-0.3, -0.25) is 20.1 Å². The zero-order chi connectivity index (χ0) is 70.9. The van der Waals surface area contributed by atoms with Gasteiger partial charge in [0.2, 0.25) is 0 Å². The first kappa shape index (κ1) is 82.5. The van der Waals surface area contributed by atoms with E-state index in [1.807, 2.05) is 53.8 Å². The van der Waals surface area contributed by atoms with Crippen molar-refractivity contribution in [2.45, 2.75) is 288 Å². The molecular weight excluding hydrogens is 1130 g/mol. The molecular formula is C76H127N11O4. The molecule has 0 aliphatic carbocycles. The van der Waals surface area contributed by atoms with Crippen LogP contribution in [-0.4, -0.2) is 70.3 Å². The van der Waals surface area contributed by atoms with Crippen LogP contribution in [-0.2, 0) is 39.5 Å². The molecule has 3 aliphatic heterocycles. The van der Waals surface area contributed by atoms with E-state index in [1.165, 1.54) is 45.2 Å². The summed E-state index contributed by atoms with van der Waals surface area (Å²) in [5.41, 5.74) is 17.1. The van der Waals surface area contributed by atoms with Crippen molar-refractivity contribution in [3.63, 3.8) is 0 Å². The highest BCUT2D eigenvalue weighted by atomic mass is 16.5. The second-order valence-corrected chi connectivity index (χ2v) is 33.4. The van der Waals surface area contributed by atoms with Crippen LogP contribution in [0.1, 0.15) is 283 Å². The first-order chi connectivity index (χ1) is 41.0. The number of aromatic amines is 1. The molecule has 0 spiro atoms. The standard InChI is InChI=1S/C9H16N2.3C9H15N.C8H14N2.4C8H13NO/c1-7-10-6-8(11(7)5)9(2,3)4;1-7-5-8(6-10-7)9(2,3)4;1-7-8(5-6-10-7)9(2,3)4;1-7-5-6-8(10-7)9(2,3)4;1-6-5-7(10-9-6)8(2,3)4;1-6-9-7(5-10-6)8(2,3)4;1-6-9-5-7(10-6)8(2,3)4;1-6-7(5-10-9-6)8(2,3)4;1-6-5-7(10-9-6)8(2,3)4/h6H,1-5H3;2*5H,6H2,1-4H3;6H,5H2,1-4H3;5H,1-4H3,(H,9,10);4*5H,1-4H3. The molecule has 0 saturated heterocycles. The highest BCUT2D eigenvalue weighted by Crippen LogP contribution is 2.32. The second kappa shape index (κ2) is 33.4. The van der Waals surface area contributed by atoms with E-state index < -0.39 is 0 Å². The Morgan fingerprint density at radius 3 is 1.30 bits per heavy atom. The van der Waals surface area contributed by atoms with E-state index in [1.54, 1.807) is 18.7 Å². The lowest BCUT2D eigenvalue weighted by atomic mass is 9.84. The largest absolute Gasteiger partial charge is 0.449 e. The van der Waals surface area contributed by atoms with Gasteiger partial charge in [-0.15, -0.1) is 0 Å². The Hall–Kier alpha value is -6.51. The number of aliphatic imine (C=N–C) groups is 3. The Bertz CT molecular complexity index is 3140. The third-order valence-electron chi connectivity index (χ3n) is 14.5. The van der Waals surface area contributed by atoms with Crippen molar-refractivity contribution >= 4 is 17.1 Å². The van der Waals surface area contributed by atoms with Crippen LogP contribution in [0.4, 0.5) is 0 Å². The number of imidazole rings is 1. The molecule has 15 heteroatoms. The average molecular weight is 1260 g/mol. The molecule has 0 atom stereocenters. The quantitative estimate of drug-likeness (QED) is 0.153. The predicted molar refractivity (Wildman–Crippen MR) is 385 cm³/mol. The molecule has 6 aromatic rings. The second-order valence-electron chi connectivity index (χ2n) is 33.4. The van der Waals surface area contributed by atoms with Crippen LogP contribution in [0.2, 0.25) is 0 Å². The molecule has 0 unspecified atom stereocenters. The number of aryl methyl sites for hydroxylation is 6. The van der Waals surface area contributed by atoms with E-state index in [0.717, 1.165) is 77.1 Å². The van der Waals surface area contributed by atoms with Gasteiger partial charge >= 0.3 is 0 Å². The molecule has 3 aliphatic rings. The Labute approximate surface area is 553 Å². The number of aromatic nitrogens is 8. The Kier molecular flexibility index (Phi) is 30.2. The van der Waals surface area contributed by atoms with Gasteiger partial charge in [-0.05, 0) is 88.0 Å². The van der Waals surface area contributed by atoms with E-state index in [-0.39, 0.29) is 43.3 Å². The van der Waals surface area contributed by atoms with Crippen LogP contribution in [0.25, 0.3) is 0 Å². The smallest absolute Gasteiger partial charge is 0.191 e. The number of hydrogen-bond acceptors (Lipinski definition) is 13. The number of hydrogen-bond donors (Lipinski definition) is 1. The molecule has 9 rings (SSSR count). The maximum Gasteiger partial charge on any atom is 0.191 e. The van der Waals surface area contributed by atoms with Crippen LogP contribution in [0.15, 0.2) is 105 Å². The van der Waals surface area contributed by atoms with Crippen molar-refractivity contribution < 1.29 is 17.9 Å². The summed E-state index contributed by atoms with van der Waals surface area (Å²) >= 11 is 0. The molecule has 15 nitrogen and oxygen atoms in total. The zero-order valence-electron chi connectivity index (χ0n) is 64.4. The van der Waals surface area contributed by atoms with Gasteiger partial charge in [0, 0.05) is 112 Å². The molecule has 0 radical (unpaired) electrons. The lowest BCUT2D eigenvalue weighted by Crippen LogP contribution is -2.16. The molecule has 1 N–H and O–H groups in total. The Morgan fingerprint density at radius 1 is 0.527 bits per heavy atom. The van der Waals surface area contributed by atoms with Gasteiger partial charge in [0.15, 0.2) is 11.8 Å². The van der Waals surface area contributed by atoms with E-state index in [0.29, 0.717) is 5.41 Å². The fourth-order valence-corrected chi connectivity index (χ4v) is 8.52. The minimum Gasteiger partial charge on any atom is -0.449 e. The van der Waals surface area contributed by atoms with Gasteiger partial charge < -0.3 is 22.4 Å². The van der Waals surface area contributed by atoms with Crippen molar-refractivity contribution in [2.24, 2.45) is 38.3 Å². The van der Waals surface area contributed by atoms with Crippen molar-refractivity contribution in [2.75, 3.05) is 13.1 Å². The molecule has 6 aromatic heterocycles. The van der Waals surface area contributed by atoms with Crippen molar-refractivity contribution in [1.82, 2.24) is 40.0 Å². The molecule has 0 amide bonds. The summed E-state index contributed by atoms with van der Waals surface area (Å²) in [7, 11) is 2.06. The summed E-state index contributed by atoms with van der Waals surface area (Å²) in [6, 6.07) is 4.06. The highest BCUT2D eigenvalue weighted by Gasteiger charge is 2.25. The van der Waals surface area contributed by atoms with Crippen molar-refractivity contribution in [3.8, 4) is 0 Å². The van der Waals surface area contributed by atoms with E-state index in [4.69, 9.17) is 17.9 Å². The van der Waals surface area contributed by atoms with Crippen LogP contribution in [0.5, 0.6) is 0 Å². The summed E-state index contributed by atoms with van der Waals surface area (Å²) in [6.45, 7) is 78.1. The van der Waals surface area contributed by atoms with Crippen LogP contribution in [0, 0.1) is 57.8 Å². The van der Waals surface area contributed by atoms with Gasteiger partial charge in [0.25, 0.3) is 0 Å². The average Bonchev–Trinajstić information content (AvgIpc) is 2.11. The lowest BCUT2D eigenvalue weighted by Gasteiger charge is -2.20. The molecule has 0 saturated carbocycles. The first-order valence-corrected chi connectivity index (χ1v) is 32.4. The molecule has 0 fully saturated rings. The third-order valence-corrected chi connectivity index (χ3v) is 14.5. The molecule has 91 heavy (non-hydrogen) atoms. The van der Waals surface area contributed by atoms with Gasteiger partial charge in [0.1, 0.15) is 29.9 Å². The topological polar surface area (TPSA) is 188 Å². The normalized spacial score (nSPS) is 14.3. The van der Waals surface area contributed by atoms with Crippen molar-refractivity contribution in [3.05, 3.63) is 141 Å². The number of rotatable bonds is 0. The van der Waals surface area contributed by atoms with Gasteiger partial charge in [-0.1, -0.05) is 209 Å². The maximum atomic E-state index is 5.34. The van der Waals surface area contributed by atoms with Crippen LogP contribution >= 0.6 is 0 Å². The summed E-state index contributed by atoms with van der Waals surface area (Å²) < 4.78 is 22.5. The SMILES string of the molecule is CC1=NC(C(C)(C)C)=CC1.CC1=NCC(C(C)(C)C)=C1.CC1=NCC=C1C(C)(C)C.Cc1cc(C(C)(C)C)n[nH]1.Cc1cc(C(C)(C)C)on1.Cc1nc(C(C)(C)C)co1.Cc1ncc(C(C)(C)C)n1C.Cc1ncc(C(C)(C)C)o1.Cc1nocc1C(C)(C)C. The van der Waals surface area contributed by atoms with Crippen molar-refractivity contribution in [1.29, 1.82) is 0 Å². The number of H-pyrrole nitrogens is 1. The van der Waals surface area contributed by atoms with Gasteiger partial charge in [-0.25, -0.2) is 15.0 Å². The molecule has 510 valence electrons. The van der Waals surface area contributed by atoms with Crippen LogP contribution < -0.4 is 0 Å². The summed E-state index contributed by atoms with van der Waals surface area (Å²) in [5.74, 6) is 4.46. The molecule has 9 heterocycles. The number of allylic oxidation sites excluding steroid dienone is 4. The number of nitrogens with zero attached hydrogens (tertiary/aromatic N) is 10. The fraction of sp³-hybridized carbons (Fsp3) is 0.645. The maximum absolute atomic E-state index is 5.34. The minimum atomic E-state index is 0.0846. The van der Waals surface area contributed by atoms with Gasteiger partial charge in [0.05, 0.1) is 42.1 Å². The molecule has 0 bridgehead atoms. The minimum absolute atomic E-state index is 0.0846. The predicted octanol–water partition coefficient (Wildman–Crippen LogP) is 20.8. The molecule has 0 aromatic carbocycles. The van der Waals surface area contributed by atoms with E-state index in [2.05, 4.69) is 294 Å². The van der Waals surface area contributed by atoms with Gasteiger partial charge in [-0.2, -0.15) is 5.10 Å². The summed E-state index contributed by atoms with van der Waals surface area (Å²) in [5, 5.41) is 14.7. The number of oxazole rings is 2. The fourth-order valence-electron chi connectivity index (χ4n) is 8.52. The Balaban J connectivity index is 0.000000512. The van der Waals surface area contributed by atoms with Crippen LogP contribution in [0.3, 0.4) is 0 Å². The summed E-state index contributed by atoms with van der Waals surface area (Å²) in [4.78, 5) is 25.5. The summed E-state index contributed by atoms with van der Waals surface area (Å²) in [6.07, 6.45) is 14.9. The highest BCUT2D eigenvalue weighted by molar-refractivity contribution is 6.00. The monoisotopic (exact) mass is 1260 g/mol. The zero-order valence-corrected chi connectivity index (χ0v) is 64.4.